The lowest BCUT2D eigenvalue weighted by Gasteiger charge is -2.25. The molecule has 3 nitrogen and oxygen atoms in total. The second-order valence-corrected chi connectivity index (χ2v) is 5.36. The van der Waals surface area contributed by atoms with Gasteiger partial charge >= 0.3 is 0 Å². The summed E-state index contributed by atoms with van der Waals surface area (Å²) < 4.78 is 0. The fraction of sp³-hybridized carbons (Fsp3) is 1.00. The zero-order valence-corrected chi connectivity index (χ0v) is 13.2. The third kappa shape index (κ3) is 15.8. The molecule has 19 heavy (non-hydrogen) atoms. The van der Waals surface area contributed by atoms with Crippen molar-refractivity contribution in [2.75, 3.05) is 13.2 Å². The van der Waals surface area contributed by atoms with Crippen molar-refractivity contribution >= 4 is 0 Å². The van der Waals surface area contributed by atoms with Gasteiger partial charge in [0.1, 0.15) is 0 Å². The first kappa shape index (κ1) is 18.9. The summed E-state index contributed by atoms with van der Waals surface area (Å²) in [6.07, 6.45) is 15.8. The Balaban J connectivity index is 2.99. The molecule has 0 aromatic carbocycles. The molecule has 0 heterocycles. The molecule has 0 saturated heterocycles. The second kappa shape index (κ2) is 15.9. The Labute approximate surface area is 120 Å². The van der Waals surface area contributed by atoms with Crippen molar-refractivity contribution in [1.29, 1.82) is 0 Å². The molecule has 0 saturated carbocycles. The van der Waals surface area contributed by atoms with Gasteiger partial charge in [-0.15, -0.1) is 0 Å². The quantitative estimate of drug-likeness (QED) is 0.294. The van der Waals surface area contributed by atoms with Crippen LogP contribution in [0.4, 0.5) is 0 Å². The molecule has 0 aliphatic carbocycles. The first-order valence-electron chi connectivity index (χ1n) is 8.38. The van der Waals surface area contributed by atoms with E-state index in [1.165, 1.54) is 64.2 Å². The van der Waals surface area contributed by atoms with Crippen molar-refractivity contribution in [3.63, 3.8) is 0 Å². The predicted octanol–water partition coefficient (Wildman–Crippen LogP) is 5.44. The average molecular weight is 272 g/mol. The van der Waals surface area contributed by atoms with Gasteiger partial charge in [0.05, 0.1) is 6.61 Å². The highest BCUT2D eigenvalue weighted by atomic mass is 16.9. The zero-order chi connectivity index (χ0) is 14.2. The minimum Gasteiger partial charge on any atom is -0.762 e. The van der Waals surface area contributed by atoms with Crippen molar-refractivity contribution < 1.29 is 4.84 Å². The molecule has 0 spiro atoms. The lowest BCUT2D eigenvalue weighted by molar-refractivity contribution is -0.115. The van der Waals surface area contributed by atoms with Crippen LogP contribution in [0.15, 0.2) is 0 Å². The summed E-state index contributed by atoms with van der Waals surface area (Å²) in [5.41, 5.74) is 0. The lowest BCUT2D eigenvalue weighted by atomic mass is 10.1. The van der Waals surface area contributed by atoms with Crippen LogP contribution in [0.3, 0.4) is 0 Å². The van der Waals surface area contributed by atoms with E-state index in [4.69, 9.17) is 4.84 Å². The molecule has 0 unspecified atom stereocenters. The van der Waals surface area contributed by atoms with Crippen molar-refractivity contribution in [2.24, 2.45) is 0 Å². The lowest BCUT2D eigenvalue weighted by Crippen LogP contribution is -2.17. The van der Waals surface area contributed by atoms with Crippen LogP contribution in [0.25, 0.3) is 0 Å². The number of nitrogens with zero attached hydrogens (tertiary/aromatic N) is 1. The maximum Gasteiger partial charge on any atom is 0.0644 e. The van der Waals surface area contributed by atoms with E-state index in [0.717, 1.165) is 18.1 Å². The molecule has 0 aliphatic heterocycles. The van der Waals surface area contributed by atoms with Gasteiger partial charge in [0, 0.05) is 6.54 Å². The highest BCUT2D eigenvalue weighted by molar-refractivity contribution is 4.50. The van der Waals surface area contributed by atoms with E-state index in [-0.39, 0.29) is 0 Å². The van der Waals surface area contributed by atoms with Gasteiger partial charge in [-0.05, 0) is 13.3 Å². The van der Waals surface area contributed by atoms with Gasteiger partial charge in [-0.2, -0.15) is 0 Å². The number of hydrogen-bond donors (Lipinski definition) is 0. The van der Waals surface area contributed by atoms with E-state index in [1.54, 1.807) is 0 Å². The highest BCUT2D eigenvalue weighted by Crippen LogP contribution is 2.12. The summed E-state index contributed by atoms with van der Waals surface area (Å²) >= 11 is 0. The van der Waals surface area contributed by atoms with Gasteiger partial charge in [0.25, 0.3) is 0 Å². The minimum atomic E-state index is 0.474. The van der Waals surface area contributed by atoms with E-state index < -0.39 is 0 Å². The first-order chi connectivity index (χ1) is 9.31. The molecule has 0 rings (SSSR count). The van der Waals surface area contributed by atoms with E-state index in [9.17, 15) is 5.21 Å². The highest BCUT2D eigenvalue weighted by Gasteiger charge is 1.94. The number of hydrogen-bond acceptors (Lipinski definition) is 3. The largest absolute Gasteiger partial charge is 0.762 e. The summed E-state index contributed by atoms with van der Waals surface area (Å²) in [6, 6.07) is 0. The van der Waals surface area contributed by atoms with E-state index in [1.807, 2.05) is 6.92 Å². The molecule has 3 heteroatoms. The molecule has 0 bridgehead atoms. The van der Waals surface area contributed by atoms with Crippen LogP contribution in [-0.2, 0) is 4.84 Å². The summed E-state index contributed by atoms with van der Waals surface area (Å²) in [4.78, 5) is 4.82. The Morgan fingerprint density at radius 1 is 0.684 bits per heavy atom. The predicted molar refractivity (Wildman–Crippen MR) is 82.8 cm³/mol. The van der Waals surface area contributed by atoms with E-state index in [2.05, 4.69) is 6.92 Å². The number of hydroxylamine groups is 2. The van der Waals surface area contributed by atoms with Crippen LogP contribution < -0.4 is 0 Å². The fourth-order valence-electron chi connectivity index (χ4n) is 2.29. The minimum absolute atomic E-state index is 0.474. The molecule has 116 valence electrons. The molecule has 0 aliphatic rings. The Morgan fingerprint density at radius 2 is 1.11 bits per heavy atom. The van der Waals surface area contributed by atoms with Crippen molar-refractivity contribution in [2.45, 2.75) is 90.9 Å². The Kier molecular flexibility index (Phi) is 15.8. The van der Waals surface area contributed by atoms with E-state index in [0.29, 0.717) is 13.2 Å². The van der Waals surface area contributed by atoms with E-state index >= 15 is 0 Å². The number of rotatable bonds is 15. The second-order valence-electron chi connectivity index (χ2n) is 5.36. The van der Waals surface area contributed by atoms with Crippen LogP contribution in [0.1, 0.15) is 90.9 Å². The van der Waals surface area contributed by atoms with Crippen LogP contribution in [0.2, 0.25) is 0 Å². The molecule has 0 aromatic heterocycles. The molecule has 0 N–H and O–H groups in total. The molecule has 0 amide bonds. The molecule has 0 radical (unpaired) electrons. The van der Waals surface area contributed by atoms with Crippen LogP contribution in [0, 0.1) is 5.21 Å². The molecule has 0 aromatic rings. The SMILES string of the molecule is CCCCCCCCCCCCCCN([O-])OCC. The van der Waals surface area contributed by atoms with Crippen molar-refractivity contribution in [1.82, 2.24) is 5.23 Å². The summed E-state index contributed by atoms with van der Waals surface area (Å²) in [5.74, 6) is 0. The fourth-order valence-corrected chi connectivity index (χ4v) is 2.29. The Bertz CT molecular complexity index is 165. The van der Waals surface area contributed by atoms with Gasteiger partial charge in [-0.1, -0.05) is 77.6 Å². The van der Waals surface area contributed by atoms with Crippen LogP contribution in [0.5, 0.6) is 0 Å². The smallest absolute Gasteiger partial charge is 0.0644 e. The first-order valence-corrected chi connectivity index (χ1v) is 8.38. The van der Waals surface area contributed by atoms with Gasteiger partial charge in [0.2, 0.25) is 0 Å². The van der Waals surface area contributed by atoms with Crippen LogP contribution in [-0.4, -0.2) is 18.4 Å². The number of unbranched alkanes of at least 4 members (excludes halogenated alkanes) is 11. The topological polar surface area (TPSA) is 35.5 Å². The Morgan fingerprint density at radius 3 is 1.53 bits per heavy atom. The molecular formula is C16H34NO2-. The third-order valence-corrected chi connectivity index (χ3v) is 3.47. The normalized spacial score (nSPS) is 11.4. The van der Waals surface area contributed by atoms with Crippen molar-refractivity contribution in [3.05, 3.63) is 5.21 Å². The Hall–Kier alpha value is -0.120. The zero-order valence-electron chi connectivity index (χ0n) is 13.2. The maximum absolute atomic E-state index is 11.0. The molecular weight excluding hydrogens is 238 g/mol. The van der Waals surface area contributed by atoms with Gasteiger partial charge < -0.3 is 10.0 Å². The van der Waals surface area contributed by atoms with Gasteiger partial charge in [0.15, 0.2) is 0 Å². The molecule has 0 atom stereocenters. The van der Waals surface area contributed by atoms with Crippen molar-refractivity contribution in [3.8, 4) is 0 Å². The molecule has 0 fully saturated rings. The monoisotopic (exact) mass is 272 g/mol. The van der Waals surface area contributed by atoms with Gasteiger partial charge in [-0.25, -0.2) is 0 Å². The standard InChI is InChI=1S/C16H34NO2/c1-3-5-6-7-8-9-10-11-12-13-14-15-16-17(18)19-4-2/h3-16H2,1-2H3/q-1. The summed E-state index contributed by atoms with van der Waals surface area (Å²) in [6.45, 7) is 5.10. The summed E-state index contributed by atoms with van der Waals surface area (Å²) in [5, 5.41) is 11.7. The maximum atomic E-state index is 11.0. The van der Waals surface area contributed by atoms with Crippen LogP contribution >= 0.6 is 0 Å². The summed E-state index contributed by atoms with van der Waals surface area (Å²) in [7, 11) is 0. The van der Waals surface area contributed by atoms with Gasteiger partial charge in [-0.3, -0.25) is 5.23 Å². The third-order valence-electron chi connectivity index (χ3n) is 3.47. The average Bonchev–Trinajstić information content (AvgIpc) is 2.40.